The second-order valence-electron chi connectivity index (χ2n) is 7.24. The van der Waals surface area contributed by atoms with Crippen molar-refractivity contribution in [2.75, 3.05) is 11.1 Å². The van der Waals surface area contributed by atoms with Gasteiger partial charge < -0.3 is 15.4 Å². The lowest BCUT2D eigenvalue weighted by Gasteiger charge is -2.26. The first-order valence-corrected chi connectivity index (χ1v) is 11.4. The van der Waals surface area contributed by atoms with Crippen LogP contribution in [0.4, 0.5) is 14.9 Å². The Bertz CT molecular complexity index is 1200. The summed E-state index contributed by atoms with van der Waals surface area (Å²) >= 11 is 0. The molecule has 1 atom stereocenters. The molecule has 8 heteroatoms. The van der Waals surface area contributed by atoms with Gasteiger partial charge in [-0.15, -0.1) is 0 Å². The monoisotopic (exact) mass is 440 g/mol. The van der Waals surface area contributed by atoms with E-state index in [4.69, 9.17) is 4.74 Å². The van der Waals surface area contributed by atoms with Crippen LogP contribution in [0.1, 0.15) is 23.6 Å². The molecule has 1 aliphatic heterocycles. The van der Waals surface area contributed by atoms with Crippen LogP contribution in [0.2, 0.25) is 0 Å². The van der Waals surface area contributed by atoms with Crippen LogP contribution >= 0.6 is 0 Å². The number of benzene rings is 3. The zero-order chi connectivity index (χ0) is 21.8. The van der Waals surface area contributed by atoms with Crippen LogP contribution in [0, 0.1) is 5.82 Å². The third-order valence-electron chi connectivity index (χ3n) is 5.02. The Morgan fingerprint density at radius 1 is 1.03 bits per heavy atom. The van der Waals surface area contributed by atoms with Gasteiger partial charge in [-0.25, -0.2) is 17.6 Å². The molecule has 3 aromatic rings. The molecule has 0 saturated carbocycles. The Balaban J connectivity index is 1.39. The first kappa shape index (κ1) is 20.9. The number of amides is 2. The van der Waals surface area contributed by atoms with Gasteiger partial charge in [0.25, 0.3) is 0 Å². The number of hydrogen-bond donors (Lipinski definition) is 2. The number of nitrogens with one attached hydrogen (secondary N) is 2. The van der Waals surface area contributed by atoms with Crippen LogP contribution in [-0.4, -0.2) is 20.2 Å². The van der Waals surface area contributed by atoms with Gasteiger partial charge >= 0.3 is 6.03 Å². The Morgan fingerprint density at radius 3 is 2.61 bits per heavy atom. The number of hydrogen-bond acceptors (Lipinski definition) is 4. The first-order valence-electron chi connectivity index (χ1n) is 9.77. The first-order chi connectivity index (χ1) is 14.9. The molecule has 1 aliphatic rings. The number of carbonyl (C=O) groups is 1. The van der Waals surface area contributed by atoms with E-state index >= 15 is 0 Å². The molecular weight excluding hydrogens is 419 g/mol. The van der Waals surface area contributed by atoms with E-state index in [1.807, 2.05) is 0 Å². The van der Waals surface area contributed by atoms with Gasteiger partial charge in [-0.05, 0) is 47.9 Å². The van der Waals surface area contributed by atoms with Crippen molar-refractivity contribution in [2.24, 2.45) is 0 Å². The van der Waals surface area contributed by atoms with Gasteiger partial charge in [0, 0.05) is 11.8 Å². The highest BCUT2D eigenvalue weighted by molar-refractivity contribution is 7.91. The van der Waals surface area contributed by atoms with Crippen molar-refractivity contribution >= 4 is 21.6 Å². The molecule has 2 N–H and O–H groups in total. The van der Waals surface area contributed by atoms with E-state index in [-0.39, 0.29) is 23.1 Å². The predicted octanol–water partition coefficient (Wildman–Crippen LogP) is 4.44. The van der Waals surface area contributed by atoms with Gasteiger partial charge in [0.1, 0.15) is 18.2 Å². The second-order valence-corrected chi connectivity index (χ2v) is 9.32. The topological polar surface area (TPSA) is 84.5 Å². The molecule has 31 heavy (non-hydrogen) atoms. The quantitative estimate of drug-likeness (QED) is 0.614. The maximum atomic E-state index is 13.0. The standard InChI is InChI=1S/C23H21FN2O4S/c24-17-10-8-16(9-11-17)15-30-19-5-3-4-18(14-19)25-23(27)26-21-12-13-31(28,29)22-7-2-1-6-20(21)22/h1-11,14,21H,12-13,15H2,(H2,25,26,27). The number of sulfone groups is 1. The molecule has 0 saturated heterocycles. The molecular formula is C23H21FN2O4S. The molecule has 6 nitrogen and oxygen atoms in total. The SMILES string of the molecule is O=C(Nc1cccc(OCc2ccc(F)cc2)c1)NC1CCS(=O)(=O)c2ccccc21. The van der Waals surface area contributed by atoms with Crippen LogP contribution in [0.5, 0.6) is 5.75 Å². The molecule has 3 aromatic carbocycles. The molecule has 0 radical (unpaired) electrons. The normalized spacial score (nSPS) is 16.7. The molecule has 0 aromatic heterocycles. The van der Waals surface area contributed by atoms with Crippen LogP contribution in [-0.2, 0) is 16.4 Å². The van der Waals surface area contributed by atoms with E-state index in [2.05, 4.69) is 10.6 Å². The molecule has 1 heterocycles. The molecule has 2 amide bonds. The number of carbonyl (C=O) groups excluding carboxylic acids is 1. The second kappa shape index (κ2) is 8.77. The fourth-order valence-electron chi connectivity index (χ4n) is 3.48. The molecule has 4 rings (SSSR count). The van der Waals surface area contributed by atoms with Crippen molar-refractivity contribution in [1.29, 1.82) is 0 Å². The molecule has 160 valence electrons. The fourth-order valence-corrected chi connectivity index (χ4v) is 5.10. The Hall–Kier alpha value is -3.39. The summed E-state index contributed by atoms with van der Waals surface area (Å²) in [6.45, 7) is 0.267. The lowest BCUT2D eigenvalue weighted by Crippen LogP contribution is -2.36. The van der Waals surface area contributed by atoms with Crippen molar-refractivity contribution in [3.63, 3.8) is 0 Å². The maximum absolute atomic E-state index is 13.0. The number of urea groups is 1. The van der Waals surface area contributed by atoms with E-state index < -0.39 is 21.9 Å². The Morgan fingerprint density at radius 2 is 1.81 bits per heavy atom. The Kier molecular flexibility index (Phi) is 5.90. The summed E-state index contributed by atoms with van der Waals surface area (Å²) in [4.78, 5) is 12.8. The lowest BCUT2D eigenvalue weighted by molar-refractivity contribution is 0.248. The zero-order valence-corrected chi connectivity index (χ0v) is 17.4. The van der Waals surface area contributed by atoms with Gasteiger partial charge in [0.15, 0.2) is 9.84 Å². The number of rotatable bonds is 5. The minimum atomic E-state index is -3.32. The van der Waals surface area contributed by atoms with E-state index in [0.717, 1.165) is 5.56 Å². The maximum Gasteiger partial charge on any atom is 0.319 e. The third-order valence-corrected chi connectivity index (χ3v) is 6.84. The van der Waals surface area contributed by atoms with Crippen molar-refractivity contribution in [1.82, 2.24) is 5.32 Å². The summed E-state index contributed by atoms with van der Waals surface area (Å²) < 4.78 is 43.2. The van der Waals surface area contributed by atoms with Crippen LogP contribution in [0.15, 0.2) is 77.7 Å². The van der Waals surface area contributed by atoms with Gasteiger partial charge in [0.2, 0.25) is 0 Å². The lowest BCUT2D eigenvalue weighted by atomic mass is 10.0. The highest BCUT2D eigenvalue weighted by atomic mass is 32.2. The molecule has 0 spiro atoms. The van der Waals surface area contributed by atoms with Crippen LogP contribution < -0.4 is 15.4 Å². The average Bonchev–Trinajstić information content (AvgIpc) is 2.76. The highest BCUT2D eigenvalue weighted by Crippen LogP contribution is 2.32. The van der Waals surface area contributed by atoms with Crippen molar-refractivity contribution in [2.45, 2.75) is 24.0 Å². The summed E-state index contributed by atoms with van der Waals surface area (Å²) in [5, 5.41) is 5.61. The van der Waals surface area contributed by atoms with Crippen molar-refractivity contribution in [3.8, 4) is 5.75 Å². The number of halogens is 1. The molecule has 1 unspecified atom stereocenters. The number of ether oxygens (including phenoxy) is 1. The molecule has 0 bridgehead atoms. The van der Waals surface area contributed by atoms with Gasteiger partial charge in [0.05, 0.1) is 16.7 Å². The minimum absolute atomic E-state index is 0.0122. The summed E-state index contributed by atoms with van der Waals surface area (Å²) in [5.41, 5.74) is 1.95. The summed E-state index contributed by atoms with van der Waals surface area (Å²) in [5.74, 6) is 0.233. The van der Waals surface area contributed by atoms with Crippen LogP contribution in [0.3, 0.4) is 0 Å². The molecule has 0 fully saturated rings. The average molecular weight is 440 g/mol. The predicted molar refractivity (Wildman–Crippen MR) is 115 cm³/mol. The largest absolute Gasteiger partial charge is 0.489 e. The number of anilines is 1. The molecule has 0 aliphatic carbocycles. The summed E-state index contributed by atoms with van der Waals surface area (Å²) in [6.07, 6.45) is 0.313. The van der Waals surface area contributed by atoms with E-state index in [0.29, 0.717) is 23.4 Å². The van der Waals surface area contributed by atoms with E-state index in [9.17, 15) is 17.6 Å². The zero-order valence-electron chi connectivity index (χ0n) is 16.5. The van der Waals surface area contributed by atoms with E-state index in [1.54, 1.807) is 60.7 Å². The summed E-state index contributed by atoms with van der Waals surface area (Å²) in [7, 11) is -3.32. The third kappa shape index (κ3) is 5.03. The fraction of sp³-hybridized carbons (Fsp3) is 0.174. The van der Waals surface area contributed by atoms with Gasteiger partial charge in [-0.2, -0.15) is 0 Å². The van der Waals surface area contributed by atoms with Gasteiger partial charge in [-0.1, -0.05) is 36.4 Å². The summed E-state index contributed by atoms with van der Waals surface area (Å²) in [6, 6.07) is 18.8. The van der Waals surface area contributed by atoms with Crippen LogP contribution in [0.25, 0.3) is 0 Å². The minimum Gasteiger partial charge on any atom is -0.489 e. The van der Waals surface area contributed by atoms with Gasteiger partial charge in [-0.3, -0.25) is 0 Å². The number of fused-ring (bicyclic) bond motifs is 1. The Labute approximate surface area is 180 Å². The highest BCUT2D eigenvalue weighted by Gasteiger charge is 2.30. The van der Waals surface area contributed by atoms with Crippen molar-refractivity contribution < 1.29 is 22.3 Å². The van der Waals surface area contributed by atoms with Crippen molar-refractivity contribution in [3.05, 3.63) is 89.7 Å². The van der Waals surface area contributed by atoms with E-state index in [1.165, 1.54) is 12.1 Å². The smallest absolute Gasteiger partial charge is 0.319 e.